The number of aryl methyl sites for hydroxylation is 1. The quantitative estimate of drug-likeness (QED) is 0.865. The third-order valence-electron chi connectivity index (χ3n) is 2.44. The molecule has 0 saturated heterocycles. The van der Waals surface area contributed by atoms with Crippen LogP contribution in [-0.4, -0.2) is 19.9 Å². The summed E-state index contributed by atoms with van der Waals surface area (Å²) in [5.41, 5.74) is 0.955. The lowest BCUT2D eigenvalue weighted by molar-refractivity contribution is 0.174. The fraction of sp³-hybridized carbons (Fsp3) is 0.455. The third kappa shape index (κ3) is 2.48. The van der Waals surface area contributed by atoms with E-state index in [-0.39, 0.29) is 0 Å². The highest BCUT2D eigenvalue weighted by atomic mass is 32.1. The van der Waals surface area contributed by atoms with Crippen LogP contribution in [0.2, 0.25) is 0 Å². The monoisotopic (exact) mass is 237 g/mol. The molecule has 0 saturated carbocycles. The maximum atomic E-state index is 10.00. The van der Waals surface area contributed by atoms with E-state index >= 15 is 0 Å². The topological polar surface area (TPSA) is 50.9 Å². The van der Waals surface area contributed by atoms with Gasteiger partial charge in [0.2, 0.25) is 0 Å². The minimum absolute atomic E-state index is 0.481. The summed E-state index contributed by atoms with van der Waals surface area (Å²) < 4.78 is 1.86. The fourth-order valence-electron chi connectivity index (χ4n) is 1.60. The van der Waals surface area contributed by atoms with Gasteiger partial charge in [-0.2, -0.15) is 16.4 Å². The highest BCUT2D eigenvalue weighted by molar-refractivity contribution is 7.07. The van der Waals surface area contributed by atoms with Crippen molar-refractivity contribution in [3.8, 4) is 0 Å². The summed E-state index contributed by atoms with van der Waals surface area (Å²) in [7, 11) is 0. The lowest BCUT2D eigenvalue weighted by Crippen LogP contribution is -2.09. The molecule has 4 nitrogen and oxygen atoms in total. The molecule has 0 fully saturated rings. The van der Waals surface area contributed by atoms with E-state index in [2.05, 4.69) is 17.0 Å². The minimum Gasteiger partial charge on any atom is -0.388 e. The molecule has 0 radical (unpaired) electrons. The van der Waals surface area contributed by atoms with E-state index in [1.165, 1.54) is 0 Å². The van der Waals surface area contributed by atoms with Crippen LogP contribution in [0.15, 0.2) is 23.2 Å². The number of aliphatic hydroxyl groups excluding tert-OH is 1. The SMILES string of the molecule is CCCn1ncnc1CC(O)c1ccsc1. The van der Waals surface area contributed by atoms with Crippen molar-refractivity contribution in [3.63, 3.8) is 0 Å². The fourth-order valence-corrected chi connectivity index (χ4v) is 2.31. The molecule has 0 bridgehead atoms. The first kappa shape index (κ1) is 11.3. The van der Waals surface area contributed by atoms with Crippen molar-refractivity contribution in [1.29, 1.82) is 0 Å². The number of aliphatic hydroxyl groups is 1. The summed E-state index contributed by atoms with van der Waals surface area (Å²) in [6.07, 6.45) is 2.61. The molecular weight excluding hydrogens is 222 g/mol. The first-order chi connectivity index (χ1) is 7.81. The second-order valence-electron chi connectivity index (χ2n) is 3.68. The maximum Gasteiger partial charge on any atom is 0.138 e. The van der Waals surface area contributed by atoms with E-state index in [1.807, 2.05) is 21.5 Å². The lowest BCUT2D eigenvalue weighted by Gasteiger charge is -2.09. The number of aromatic nitrogens is 3. The van der Waals surface area contributed by atoms with E-state index in [0.29, 0.717) is 6.42 Å². The van der Waals surface area contributed by atoms with E-state index in [9.17, 15) is 5.11 Å². The van der Waals surface area contributed by atoms with Crippen molar-refractivity contribution in [2.75, 3.05) is 0 Å². The van der Waals surface area contributed by atoms with Gasteiger partial charge in [-0.05, 0) is 28.8 Å². The largest absolute Gasteiger partial charge is 0.388 e. The molecule has 5 heteroatoms. The summed E-state index contributed by atoms with van der Waals surface area (Å²) >= 11 is 1.59. The maximum absolute atomic E-state index is 10.00. The Morgan fingerprint density at radius 3 is 3.12 bits per heavy atom. The van der Waals surface area contributed by atoms with Crippen molar-refractivity contribution in [1.82, 2.24) is 14.8 Å². The molecule has 1 N–H and O–H groups in total. The summed E-state index contributed by atoms with van der Waals surface area (Å²) in [4.78, 5) is 4.18. The van der Waals surface area contributed by atoms with Crippen molar-refractivity contribution < 1.29 is 5.11 Å². The molecule has 1 unspecified atom stereocenters. The Balaban J connectivity index is 2.06. The Morgan fingerprint density at radius 2 is 2.44 bits per heavy atom. The normalized spacial score (nSPS) is 12.9. The number of thiophene rings is 1. The Kier molecular flexibility index (Phi) is 3.69. The Hall–Kier alpha value is -1.20. The van der Waals surface area contributed by atoms with Gasteiger partial charge in [0.1, 0.15) is 12.2 Å². The van der Waals surface area contributed by atoms with Crippen LogP contribution < -0.4 is 0 Å². The predicted octanol–water partition coefficient (Wildman–Crippen LogP) is 2.03. The third-order valence-corrected chi connectivity index (χ3v) is 3.14. The van der Waals surface area contributed by atoms with Crippen molar-refractivity contribution in [2.24, 2.45) is 0 Å². The zero-order valence-corrected chi connectivity index (χ0v) is 10.0. The van der Waals surface area contributed by atoms with Gasteiger partial charge in [0.25, 0.3) is 0 Å². The molecule has 0 aromatic carbocycles. The molecule has 1 atom stereocenters. The van der Waals surface area contributed by atoms with Gasteiger partial charge in [-0.3, -0.25) is 4.68 Å². The van der Waals surface area contributed by atoms with E-state index in [4.69, 9.17) is 0 Å². The molecule has 2 aromatic heterocycles. The number of hydrogen-bond donors (Lipinski definition) is 1. The summed E-state index contributed by atoms with van der Waals surface area (Å²) in [6, 6.07) is 1.94. The molecule has 0 amide bonds. The molecule has 2 aromatic rings. The van der Waals surface area contributed by atoms with Gasteiger partial charge in [-0.15, -0.1) is 0 Å². The Bertz CT molecular complexity index is 424. The van der Waals surface area contributed by atoms with Crippen molar-refractivity contribution >= 4 is 11.3 Å². The molecule has 0 aliphatic rings. The lowest BCUT2D eigenvalue weighted by atomic mass is 10.1. The van der Waals surface area contributed by atoms with Crippen molar-refractivity contribution in [3.05, 3.63) is 34.5 Å². The van der Waals surface area contributed by atoms with E-state index in [1.54, 1.807) is 17.7 Å². The standard InChI is InChI=1S/C11H15N3OS/c1-2-4-14-11(12-8-13-14)6-10(15)9-3-5-16-7-9/h3,5,7-8,10,15H,2,4,6H2,1H3. The number of nitrogens with zero attached hydrogens (tertiary/aromatic N) is 3. The first-order valence-corrected chi connectivity index (χ1v) is 6.32. The first-order valence-electron chi connectivity index (χ1n) is 5.38. The van der Waals surface area contributed by atoms with Gasteiger partial charge in [0.15, 0.2) is 0 Å². The summed E-state index contributed by atoms with van der Waals surface area (Å²) in [5.74, 6) is 0.848. The van der Waals surface area contributed by atoms with Crippen molar-refractivity contribution in [2.45, 2.75) is 32.4 Å². The molecule has 2 rings (SSSR count). The molecule has 0 spiro atoms. The molecule has 86 valence electrons. The highest BCUT2D eigenvalue weighted by Crippen LogP contribution is 2.19. The van der Waals surface area contributed by atoms with Crippen LogP contribution in [0.5, 0.6) is 0 Å². The summed E-state index contributed by atoms with van der Waals surface area (Å²) in [6.45, 7) is 2.95. The smallest absolute Gasteiger partial charge is 0.138 e. The van der Waals surface area contributed by atoms with Gasteiger partial charge in [-0.1, -0.05) is 6.92 Å². The van der Waals surface area contributed by atoms with Crippen LogP contribution >= 0.6 is 11.3 Å². The second kappa shape index (κ2) is 5.23. The average molecular weight is 237 g/mol. The predicted molar refractivity (Wildman–Crippen MR) is 63.3 cm³/mol. The van der Waals surface area contributed by atoms with Crippen LogP contribution in [0, 0.1) is 0 Å². The zero-order valence-electron chi connectivity index (χ0n) is 9.21. The molecule has 0 aliphatic heterocycles. The van der Waals surface area contributed by atoms with Gasteiger partial charge >= 0.3 is 0 Å². The zero-order chi connectivity index (χ0) is 11.4. The Morgan fingerprint density at radius 1 is 1.56 bits per heavy atom. The van der Waals surface area contributed by atoms with E-state index < -0.39 is 6.10 Å². The number of rotatable bonds is 5. The van der Waals surface area contributed by atoms with Crippen LogP contribution in [0.3, 0.4) is 0 Å². The van der Waals surface area contributed by atoms with Gasteiger partial charge in [-0.25, -0.2) is 4.98 Å². The second-order valence-corrected chi connectivity index (χ2v) is 4.46. The van der Waals surface area contributed by atoms with E-state index in [0.717, 1.165) is 24.4 Å². The molecular formula is C11H15N3OS. The van der Waals surface area contributed by atoms with Gasteiger partial charge in [0, 0.05) is 13.0 Å². The highest BCUT2D eigenvalue weighted by Gasteiger charge is 2.13. The summed E-state index contributed by atoms with van der Waals surface area (Å²) in [5, 5.41) is 18.1. The van der Waals surface area contributed by atoms with Gasteiger partial charge in [0.05, 0.1) is 6.10 Å². The van der Waals surface area contributed by atoms with Crippen LogP contribution in [-0.2, 0) is 13.0 Å². The minimum atomic E-state index is -0.481. The Labute approximate surface area is 98.6 Å². The number of hydrogen-bond acceptors (Lipinski definition) is 4. The molecule has 0 aliphatic carbocycles. The van der Waals surface area contributed by atoms with Crippen LogP contribution in [0.4, 0.5) is 0 Å². The van der Waals surface area contributed by atoms with Crippen LogP contribution in [0.1, 0.15) is 30.8 Å². The van der Waals surface area contributed by atoms with Crippen LogP contribution in [0.25, 0.3) is 0 Å². The molecule has 16 heavy (non-hydrogen) atoms. The molecule has 2 heterocycles. The van der Waals surface area contributed by atoms with Gasteiger partial charge < -0.3 is 5.11 Å². The average Bonchev–Trinajstić information content (AvgIpc) is 2.90.